The number of alkyl halides is 6. The van der Waals surface area contributed by atoms with Gasteiger partial charge < -0.3 is 9.64 Å². The molecule has 3 heterocycles. The summed E-state index contributed by atoms with van der Waals surface area (Å²) in [7, 11) is 1.79. The van der Waals surface area contributed by atoms with E-state index in [2.05, 4.69) is 10.00 Å². The molecule has 0 spiro atoms. The van der Waals surface area contributed by atoms with E-state index >= 15 is 0 Å². The van der Waals surface area contributed by atoms with E-state index in [0.717, 1.165) is 36.8 Å². The summed E-state index contributed by atoms with van der Waals surface area (Å²) in [4.78, 5) is 21.5. The van der Waals surface area contributed by atoms with Gasteiger partial charge in [0.15, 0.2) is 0 Å². The molecule has 1 amide bonds. The van der Waals surface area contributed by atoms with Crippen LogP contribution in [0.5, 0.6) is 0 Å². The molecular formula is C30H33F6N5O2. The molecule has 2 aliphatic rings. The molecule has 0 radical (unpaired) electrons. The van der Waals surface area contributed by atoms with E-state index < -0.39 is 41.7 Å². The highest BCUT2D eigenvalue weighted by Gasteiger charge is 2.43. The summed E-state index contributed by atoms with van der Waals surface area (Å²) in [5.74, 6) is 0.684. The minimum Gasteiger partial charge on any atom is -0.439 e. The molecule has 1 aromatic carbocycles. The van der Waals surface area contributed by atoms with Gasteiger partial charge in [-0.2, -0.15) is 31.4 Å². The maximum Gasteiger partial charge on any atom is 0.416 e. The molecule has 0 N–H and O–H groups in total. The highest BCUT2D eigenvalue weighted by Crippen LogP contribution is 2.42. The van der Waals surface area contributed by atoms with Crippen LogP contribution in [0.15, 0.2) is 42.9 Å². The number of hydrogen-bond donors (Lipinski definition) is 0. The van der Waals surface area contributed by atoms with Gasteiger partial charge in [-0.05, 0) is 56.5 Å². The monoisotopic (exact) mass is 609 g/mol. The van der Waals surface area contributed by atoms with Crippen LogP contribution >= 0.6 is 0 Å². The number of rotatable bonds is 7. The molecule has 43 heavy (non-hydrogen) atoms. The van der Waals surface area contributed by atoms with Crippen molar-refractivity contribution in [1.82, 2.24) is 19.7 Å². The average Bonchev–Trinajstić information content (AvgIpc) is 3.52. The molecule has 13 heteroatoms. The Labute approximate surface area is 245 Å². The third-order valence-electron chi connectivity index (χ3n) is 8.28. The third kappa shape index (κ3) is 6.45. The van der Waals surface area contributed by atoms with Gasteiger partial charge in [0.05, 0.1) is 29.9 Å². The predicted octanol–water partition coefficient (Wildman–Crippen LogP) is 7.76. The fourth-order valence-electron chi connectivity index (χ4n) is 6.07. The van der Waals surface area contributed by atoms with Crippen LogP contribution in [-0.4, -0.2) is 44.4 Å². The Bertz CT molecular complexity index is 1430. The van der Waals surface area contributed by atoms with E-state index in [1.54, 1.807) is 31.0 Å². The maximum absolute atomic E-state index is 13.5. The number of cyclic esters (lactones) is 1. The summed E-state index contributed by atoms with van der Waals surface area (Å²) in [6.45, 7) is 4.26. The molecular weight excluding hydrogens is 576 g/mol. The van der Waals surface area contributed by atoms with Crippen LogP contribution in [0.3, 0.4) is 0 Å². The summed E-state index contributed by atoms with van der Waals surface area (Å²) in [6.07, 6.45) is -1.58. The van der Waals surface area contributed by atoms with Crippen molar-refractivity contribution in [3.63, 3.8) is 0 Å². The minimum absolute atomic E-state index is 0.00124. The van der Waals surface area contributed by atoms with E-state index in [4.69, 9.17) is 9.72 Å². The van der Waals surface area contributed by atoms with Crippen molar-refractivity contribution in [1.29, 1.82) is 0 Å². The Morgan fingerprint density at radius 3 is 2.16 bits per heavy atom. The van der Waals surface area contributed by atoms with E-state index in [0.29, 0.717) is 30.1 Å². The highest BCUT2D eigenvalue weighted by molar-refractivity contribution is 5.72. The third-order valence-corrected chi connectivity index (χ3v) is 8.28. The summed E-state index contributed by atoms with van der Waals surface area (Å²) in [5.41, 5.74) is -1.02. The topological polar surface area (TPSA) is 63.5 Å². The van der Waals surface area contributed by atoms with Crippen LogP contribution in [0.25, 0.3) is 11.1 Å². The molecule has 2 fully saturated rings. The van der Waals surface area contributed by atoms with Gasteiger partial charge in [0.2, 0.25) is 0 Å². The first kappa shape index (κ1) is 30.7. The molecule has 0 bridgehead atoms. The van der Waals surface area contributed by atoms with Gasteiger partial charge in [0.1, 0.15) is 11.9 Å². The second kappa shape index (κ2) is 11.7. The molecule has 5 rings (SSSR count). The molecule has 1 aliphatic carbocycles. The lowest BCUT2D eigenvalue weighted by Crippen LogP contribution is -2.39. The van der Waals surface area contributed by atoms with Crippen molar-refractivity contribution in [2.75, 3.05) is 11.4 Å². The fraction of sp³-hybridized carbons (Fsp3) is 0.500. The van der Waals surface area contributed by atoms with Crippen molar-refractivity contribution < 1.29 is 35.9 Å². The van der Waals surface area contributed by atoms with Crippen molar-refractivity contribution in [3.8, 4) is 11.1 Å². The predicted molar refractivity (Wildman–Crippen MR) is 147 cm³/mol. The first-order chi connectivity index (χ1) is 20.3. The Hall–Kier alpha value is -3.77. The number of ether oxygens (including phenoxy) is 1. The maximum atomic E-state index is 13.5. The number of benzene rings is 1. The first-order valence-corrected chi connectivity index (χ1v) is 14.3. The lowest BCUT2D eigenvalue weighted by Gasteiger charge is -2.36. The zero-order valence-electron chi connectivity index (χ0n) is 24.0. The van der Waals surface area contributed by atoms with Gasteiger partial charge in [-0.3, -0.25) is 9.58 Å². The number of carbonyl (C=O) groups is 1. The average molecular weight is 610 g/mol. The van der Waals surface area contributed by atoms with Crippen LogP contribution < -0.4 is 4.90 Å². The molecule has 0 unspecified atom stereocenters. The second-order valence-corrected chi connectivity index (χ2v) is 11.2. The highest BCUT2D eigenvalue weighted by atomic mass is 19.4. The molecule has 3 aromatic rings. The fourth-order valence-corrected chi connectivity index (χ4v) is 6.07. The number of nitrogens with zero attached hydrogens (tertiary/aromatic N) is 5. The molecule has 7 nitrogen and oxygen atoms in total. The standard InChI is InChI=1S/C30H33F6N5O2/c1-4-40(25-8-6-5-7-9-25)27-21(10-20(14-37-27)22-15-38-39(3)16-22)17-41-18(2)26(43-28(41)42)19-11-23(29(31,32)33)13-24(12-19)30(34,35)36/h10-16,18,25-26H,4-9,17H2,1-3H3/t18-,26-/m0/s1. The zero-order valence-corrected chi connectivity index (χ0v) is 24.0. The van der Waals surface area contributed by atoms with Crippen LogP contribution in [0, 0.1) is 0 Å². The number of aryl methyl sites for hydroxylation is 1. The number of pyridine rings is 1. The minimum atomic E-state index is -5.02. The van der Waals surface area contributed by atoms with Crippen LogP contribution in [0.1, 0.15) is 74.3 Å². The molecule has 232 valence electrons. The molecule has 2 atom stereocenters. The normalized spacial score (nSPS) is 20.0. The Balaban J connectivity index is 1.51. The Morgan fingerprint density at radius 2 is 1.60 bits per heavy atom. The number of aromatic nitrogens is 3. The summed E-state index contributed by atoms with van der Waals surface area (Å²) in [5, 5.41) is 4.22. The quantitative estimate of drug-likeness (QED) is 0.256. The van der Waals surface area contributed by atoms with Crippen molar-refractivity contribution >= 4 is 11.9 Å². The lowest BCUT2D eigenvalue weighted by atomic mass is 9.93. The lowest BCUT2D eigenvalue weighted by molar-refractivity contribution is -0.143. The van der Waals surface area contributed by atoms with Gasteiger partial charge in [-0.15, -0.1) is 0 Å². The summed E-state index contributed by atoms with van der Waals surface area (Å²) in [6, 6.07) is 2.60. The number of hydrogen-bond acceptors (Lipinski definition) is 5. The molecule has 2 aromatic heterocycles. The van der Waals surface area contributed by atoms with Gasteiger partial charge in [-0.1, -0.05) is 19.3 Å². The number of amides is 1. The van der Waals surface area contributed by atoms with E-state index in [1.807, 2.05) is 19.2 Å². The largest absolute Gasteiger partial charge is 0.439 e. The number of carbonyl (C=O) groups excluding carboxylic acids is 1. The Morgan fingerprint density at radius 1 is 0.953 bits per heavy atom. The SMILES string of the molecule is CCN(c1ncc(-c2cnn(C)c2)cc1CN1C(=O)O[C@H](c2cc(C(F)(F)F)cc(C(F)(F)F)c2)[C@@H]1C)C1CCCCC1. The summed E-state index contributed by atoms with van der Waals surface area (Å²) >= 11 is 0. The van der Waals surface area contributed by atoms with Crippen LogP contribution in [-0.2, 0) is 30.7 Å². The van der Waals surface area contributed by atoms with Crippen molar-refractivity contribution in [2.24, 2.45) is 7.05 Å². The van der Waals surface area contributed by atoms with Crippen LogP contribution in [0.4, 0.5) is 37.0 Å². The van der Waals surface area contributed by atoms with Crippen molar-refractivity contribution in [3.05, 3.63) is 65.1 Å². The van der Waals surface area contributed by atoms with Crippen LogP contribution in [0.2, 0.25) is 0 Å². The zero-order chi connectivity index (χ0) is 31.1. The second-order valence-electron chi connectivity index (χ2n) is 11.2. The van der Waals surface area contributed by atoms with Gasteiger partial charge in [-0.25, -0.2) is 9.78 Å². The molecule has 1 aliphatic heterocycles. The summed E-state index contributed by atoms with van der Waals surface area (Å²) < 4.78 is 88.4. The van der Waals surface area contributed by atoms with Gasteiger partial charge in [0, 0.05) is 48.7 Å². The number of anilines is 1. The van der Waals surface area contributed by atoms with E-state index in [1.165, 1.54) is 11.3 Å². The smallest absolute Gasteiger partial charge is 0.416 e. The first-order valence-electron chi connectivity index (χ1n) is 14.3. The van der Waals surface area contributed by atoms with E-state index in [-0.39, 0.29) is 24.2 Å². The van der Waals surface area contributed by atoms with E-state index in [9.17, 15) is 31.1 Å². The number of halogens is 6. The molecule has 1 saturated carbocycles. The van der Waals surface area contributed by atoms with Gasteiger partial charge in [0.25, 0.3) is 0 Å². The van der Waals surface area contributed by atoms with Gasteiger partial charge >= 0.3 is 18.4 Å². The molecule has 1 saturated heterocycles. The van der Waals surface area contributed by atoms with Crippen molar-refractivity contribution in [2.45, 2.75) is 83.0 Å². The Kier molecular flexibility index (Phi) is 8.36.